The van der Waals surface area contributed by atoms with Gasteiger partial charge in [-0.25, -0.2) is 0 Å². The second-order valence-corrected chi connectivity index (χ2v) is 4.47. The number of rotatable bonds is 5. The highest BCUT2D eigenvalue weighted by atomic mass is 35.5. The molecule has 0 fully saturated rings. The number of nitrogens with two attached hydrogens (primary N) is 1. The summed E-state index contributed by atoms with van der Waals surface area (Å²) in [5.41, 5.74) is 5.48. The normalized spacial score (nSPS) is 13.1. The van der Waals surface area contributed by atoms with Crippen molar-refractivity contribution in [2.24, 2.45) is 10.9 Å². The molecule has 0 heterocycles. The van der Waals surface area contributed by atoms with Gasteiger partial charge in [0.1, 0.15) is 11.6 Å². The van der Waals surface area contributed by atoms with E-state index in [4.69, 9.17) is 22.5 Å². The van der Waals surface area contributed by atoms with Gasteiger partial charge in [-0.15, -0.1) is 0 Å². The third-order valence-electron chi connectivity index (χ3n) is 2.62. The third kappa shape index (κ3) is 4.33. The summed E-state index contributed by atoms with van der Waals surface area (Å²) in [5.74, 6) is -0.583. The van der Waals surface area contributed by atoms with Gasteiger partial charge in [0.2, 0.25) is 0 Å². The predicted molar refractivity (Wildman–Crippen MR) is 72.7 cm³/mol. The zero-order valence-corrected chi connectivity index (χ0v) is 11.2. The van der Waals surface area contributed by atoms with Crippen molar-refractivity contribution in [1.82, 2.24) is 5.32 Å². The summed E-state index contributed by atoms with van der Waals surface area (Å²) < 4.78 is 0. The predicted octanol–water partition coefficient (Wildman–Crippen LogP) is 1.69. The molecule has 19 heavy (non-hydrogen) atoms. The van der Waals surface area contributed by atoms with Crippen LogP contribution in [0, 0.1) is 0 Å². The first-order chi connectivity index (χ1) is 8.97. The average Bonchev–Trinajstić information content (AvgIpc) is 2.40. The maximum absolute atomic E-state index is 12.0. The second-order valence-electron chi connectivity index (χ2n) is 4.04. The Balaban J connectivity index is 2.80. The van der Waals surface area contributed by atoms with E-state index >= 15 is 0 Å². The van der Waals surface area contributed by atoms with Crippen molar-refractivity contribution >= 4 is 23.3 Å². The van der Waals surface area contributed by atoms with E-state index in [0.29, 0.717) is 11.4 Å². The highest BCUT2D eigenvalue weighted by molar-refractivity contribution is 6.31. The van der Waals surface area contributed by atoms with Crippen LogP contribution in [0.2, 0.25) is 5.02 Å². The second kappa shape index (κ2) is 6.84. The van der Waals surface area contributed by atoms with Gasteiger partial charge in [0, 0.05) is 17.5 Å². The molecular formula is C12H16ClN3O3. The molecule has 0 spiro atoms. The van der Waals surface area contributed by atoms with Gasteiger partial charge < -0.3 is 21.4 Å². The number of amides is 1. The fourth-order valence-corrected chi connectivity index (χ4v) is 1.72. The lowest BCUT2D eigenvalue weighted by Crippen LogP contribution is -2.37. The van der Waals surface area contributed by atoms with Crippen LogP contribution >= 0.6 is 11.6 Å². The molecule has 1 aromatic carbocycles. The minimum atomic E-state index is -0.461. The van der Waals surface area contributed by atoms with Gasteiger partial charge in [-0.3, -0.25) is 4.79 Å². The van der Waals surface area contributed by atoms with Crippen molar-refractivity contribution in [2.45, 2.75) is 25.8 Å². The van der Waals surface area contributed by atoms with Gasteiger partial charge >= 0.3 is 0 Å². The molecule has 1 aromatic rings. The first-order valence-electron chi connectivity index (χ1n) is 5.73. The van der Waals surface area contributed by atoms with Crippen LogP contribution in [0.15, 0.2) is 23.4 Å². The lowest BCUT2D eigenvalue weighted by atomic mass is 10.1. The number of carbonyl (C=O) groups excluding carboxylic acids is 1. The van der Waals surface area contributed by atoms with Gasteiger partial charge in [0.05, 0.1) is 5.56 Å². The van der Waals surface area contributed by atoms with Gasteiger partial charge in [-0.1, -0.05) is 23.7 Å². The summed E-state index contributed by atoms with van der Waals surface area (Å²) >= 11 is 5.77. The molecule has 0 aliphatic carbocycles. The highest BCUT2D eigenvalue weighted by Crippen LogP contribution is 2.21. The first-order valence-corrected chi connectivity index (χ1v) is 6.11. The van der Waals surface area contributed by atoms with E-state index in [1.807, 2.05) is 6.92 Å². The monoisotopic (exact) mass is 285 g/mol. The number of nitrogens with zero attached hydrogens (tertiary/aromatic N) is 1. The minimum Gasteiger partial charge on any atom is -0.507 e. The molecule has 104 valence electrons. The number of hydrogen-bond donors (Lipinski definition) is 4. The number of hydrogen-bond acceptors (Lipinski definition) is 4. The van der Waals surface area contributed by atoms with Crippen LogP contribution in [0.1, 0.15) is 30.1 Å². The van der Waals surface area contributed by atoms with Crippen LogP contribution in [0.5, 0.6) is 5.75 Å². The van der Waals surface area contributed by atoms with Crippen molar-refractivity contribution in [3.63, 3.8) is 0 Å². The Morgan fingerprint density at radius 2 is 2.26 bits per heavy atom. The molecule has 0 radical (unpaired) electrons. The maximum atomic E-state index is 12.0. The lowest BCUT2D eigenvalue weighted by Gasteiger charge is -2.16. The Bertz CT molecular complexity index is 491. The van der Waals surface area contributed by atoms with E-state index in [2.05, 4.69) is 10.5 Å². The summed E-state index contributed by atoms with van der Waals surface area (Å²) in [4.78, 5) is 12.0. The maximum Gasteiger partial charge on any atom is 0.255 e. The van der Waals surface area contributed by atoms with E-state index in [9.17, 15) is 9.90 Å². The lowest BCUT2D eigenvalue weighted by molar-refractivity contribution is 0.0934. The standard InChI is InChI=1S/C12H16ClN3O3/c1-2-8(6-11(14)16-19)15-12(18)9-5-7(13)3-4-10(9)17/h3-5,8,17,19H,2,6H2,1H3,(H2,14,16)(H,15,18). The molecule has 1 amide bonds. The third-order valence-corrected chi connectivity index (χ3v) is 2.85. The molecule has 1 unspecified atom stereocenters. The smallest absolute Gasteiger partial charge is 0.255 e. The molecule has 0 saturated heterocycles. The molecule has 0 aromatic heterocycles. The Hall–Kier alpha value is -1.95. The quantitative estimate of drug-likeness (QED) is 0.286. The van der Waals surface area contributed by atoms with Crippen molar-refractivity contribution in [3.8, 4) is 5.75 Å². The van der Waals surface area contributed by atoms with Gasteiger partial charge in [0.15, 0.2) is 0 Å². The number of benzene rings is 1. The van der Waals surface area contributed by atoms with Crippen LogP contribution in [-0.2, 0) is 0 Å². The van der Waals surface area contributed by atoms with Crippen molar-refractivity contribution < 1.29 is 15.1 Å². The average molecular weight is 286 g/mol. The number of phenols is 1. The van der Waals surface area contributed by atoms with Crippen molar-refractivity contribution in [2.75, 3.05) is 0 Å². The van der Waals surface area contributed by atoms with Crippen LogP contribution in [0.4, 0.5) is 0 Å². The summed E-state index contributed by atoms with van der Waals surface area (Å²) in [5, 5.41) is 24.0. The fraction of sp³-hybridized carbons (Fsp3) is 0.333. The summed E-state index contributed by atoms with van der Waals surface area (Å²) in [6.07, 6.45) is 0.823. The number of oxime groups is 1. The zero-order chi connectivity index (χ0) is 14.4. The Labute approximate surface area is 115 Å². The van der Waals surface area contributed by atoms with E-state index in [0.717, 1.165) is 0 Å². The van der Waals surface area contributed by atoms with Crippen LogP contribution < -0.4 is 11.1 Å². The molecular weight excluding hydrogens is 270 g/mol. The van der Waals surface area contributed by atoms with Gasteiger partial charge in [-0.2, -0.15) is 0 Å². The number of aromatic hydroxyl groups is 1. The molecule has 0 saturated carbocycles. The molecule has 0 aliphatic rings. The van der Waals surface area contributed by atoms with Crippen LogP contribution in [0.25, 0.3) is 0 Å². The molecule has 0 bridgehead atoms. The highest BCUT2D eigenvalue weighted by Gasteiger charge is 2.16. The summed E-state index contributed by atoms with van der Waals surface area (Å²) in [6, 6.07) is 3.92. The molecule has 7 heteroatoms. The van der Waals surface area contributed by atoms with Crippen LogP contribution in [0.3, 0.4) is 0 Å². The zero-order valence-electron chi connectivity index (χ0n) is 10.4. The largest absolute Gasteiger partial charge is 0.507 e. The Morgan fingerprint density at radius 1 is 1.58 bits per heavy atom. The van der Waals surface area contributed by atoms with Gasteiger partial charge in [0.25, 0.3) is 5.91 Å². The Kier molecular flexibility index (Phi) is 5.44. The SMILES string of the molecule is CCC(CC(N)=NO)NC(=O)c1cc(Cl)ccc1O. The summed E-state index contributed by atoms with van der Waals surface area (Å²) in [6.45, 7) is 1.85. The molecule has 5 N–H and O–H groups in total. The van der Waals surface area contributed by atoms with E-state index < -0.39 is 5.91 Å². The van der Waals surface area contributed by atoms with Crippen LogP contribution in [-0.4, -0.2) is 28.1 Å². The minimum absolute atomic E-state index is 0.0301. The van der Waals surface area contributed by atoms with Crippen molar-refractivity contribution in [3.05, 3.63) is 28.8 Å². The number of halogens is 1. The molecule has 6 nitrogen and oxygen atoms in total. The van der Waals surface area contributed by atoms with Gasteiger partial charge in [-0.05, 0) is 24.6 Å². The molecule has 1 rings (SSSR count). The van der Waals surface area contributed by atoms with E-state index in [1.165, 1.54) is 18.2 Å². The topological polar surface area (TPSA) is 108 Å². The number of nitrogens with one attached hydrogen (secondary N) is 1. The Morgan fingerprint density at radius 3 is 2.84 bits per heavy atom. The first kappa shape index (κ1) is 15.1. The summed E-state index contributed by atoms with van der Waals surface area (Å²) in [7, 11) is 0. The fourth-order valence-electron chi connectivity index (χ4n) is 1.54. The molecule has 1 atom stereocenters. The number of carbonyl (C=O) groups is 1. The van der Waals surface area contributed by atoms with E-state index in [1.54, 1.807) is 0 Å². The van der Waals surface area contributed by atoms with E-state index in [-0.39, 0.29) is 29.6 Å². The number of phenolic OH excluding ortho intramolecular Hbond substituents is 1. The number of amidine groups is 1. The molecule has 0 aliphatic heterocycles. The van der Waals surface area contributed by atoms with Crippen molar-refractivity contribution in [1.29, 1.82) is 0 Å².